The number of pyridine rings is 1. The first-order valence-corrected chi connectivity index (χ1v) is 9.22. The number of piperidine rings is 1. The summed E-state index contributed by atoms with van der Waals surface area (Å²) in [5.74, 6) is 1.90. The lowest BCUT2D eigenvalue weighted by atomic mass is 10.0. The number of anilines is 2. The van der Waals surface area contributed by atoms with Crippen molar-refractivity contribution in [2.45, 2.75) is 26.7 Å². The highest BCUT2D eigenvalue weighted by atomic mass is 35.5. The van der Waals surface area contributed by atoms with E-state index in [0.29, 0.717) is 27.9 Å². The lowest BCUT2D eigenvalue weighted by Crippen LogP contribution is -2.34. The quantitative estimate of drug-likeness (QED) is 0.854. The van der Waals surface area contributed by atoms with Crippen molar-refractivity contribution in [2.24, 2.45) is 5.92 Å². The Labute approximate surface area is 159 Å². The molecule has 1 aromatic carbocycles. The number of hydrogen-bond donors (Lipinski definition) is 1. The summed E-state index contributed by atoms with van der Waals surface area (Å²) < 4.78 is 5.30. The average molecular weight is 374 g/mol. The fourth-order valence-electron chi connectivity index (χ4n) is 3.23. The lowest BCUT2D eigenvalue weighted by molar-refractivity contribution is 0.102. The number of aromatic nitrogens is 1. The molecule has 5 nitrogen and oxygen atoms in total. The summed E-state index contributed by atoms with van der Waals surface area (Å²) in [6, 6.07) is 7.23. The molecule has 0 radical (unpaired) electrons. The summed E-state index contributed by atoms with van der Waals surface area (Å²) in [7, 11) is 1.55. The van der Waals surface area contributed by atoms with Gasteiger partial charge in [0.25, 0.3) is 5.91 Å². The van der Waals surface area contributed by atoms with Gasteiger partial charge < -0.3 is 15.0 Å². The van der Waals surface area contributed by atoms with Gasteiger partial charge in [-0.25, -0.2) is 4.98 Å². The Bertz CT molecular complexity index is 792. The maximum absolute atomic E-state index is 12.6. The summed E-state index contributed by atoms with van der Waals surface area (Å²) >= 11 is 6.11. The molecule has 6 heteroatoms. The largest absolute Gasteiger partial charge is 0.495 e. The molecule has 0 saturated carbocycles. The smallest absolute Gasteiger partial charge is 0.257 e. The molecule has 2 aromatic rings. The van der Waals surface area contributed by atoms with Crippen LogP contribution in [-0.4, -0.2) is 31.1 Å². The van der Waals surface area contributed by atoms with Crippen LogP contribution in [0.15, 0.2) is 30.5 Å². The molecule has 1 amide bonds. The van der Waals surface area contributed by atoms with Gasteiger partial charge in [-0.05, 0) is 49.4 Å². The Balaban J connectivity index is 1.73. The first-order chi connectivity index (χ1) is 12.5. The van der Waals surface area contributed by atoms with Crippen molar-refractivity contribution in [3.05, 3.63) is 46.6 Å². The van der Waals surface area contributed by atoms with E-state index in [-0.39, 0.29) is 5.91 Å². The molecule has 0 bridgehead atoms. The Morgan fingerprint density at radius 1 is 1.38 bits per heavy atom. The lowest BCUT2D eigenvalue weighted by Gasteiger charge is -2.31. The molecular weight excluding hydrogens is 350 g/mol. The Morgan fingerprint density at radius 3 is 2.85 bits per heavy atom. The van der Waals surface area contributed by atoms with E-state index in [2.05, 4.69) is 22.1 Å². The number of ether oxygens (including phenoxy) is 1. The molecule has 3 rings (SSSR count). The third-order valence-electron chi connectivity index (χ3n) is 4.72. The molecule has 0 spiro atoms. The Hall–Kier alpha value is -2.27. The van der Waals surface area contributed by atoms with Crippen LogP contribution in [0.5, 0.6) is 5.75 Å². The first kappa shape index (κ1) is 18.5. The summed E-state index contributed by atoms with van der Waals surface area (Å²) in [5, 5.41) is 3.47. The molecule has 26 heavy (non-hydrogen) atoms. The van der Waals surface area contributed by atoms with Crippen LogP contribution < -0.4 is 15.0 Å². The zero-order chi connectivity index (χ0) is 18.7. The van der Waals surface area contributed by atoms with Crippen LogP contribution in [0.4, 0.5) is 11.5 Å². The van der Waals surface area contributed by atoms with Crippen molar-refractivity contribution in [2.75, 3.05) is 30.4 Å². The second-order valence-electron chi connectivity index (χ2n) is 6.85. The van der Waals surface area contributed by atoms with E-state index in [0.717, 1.165) is 24.5 Å². The van der Waals surface area contributed by atoms with Gasteiger partial charge in [0.05, 0.1) is 18.4 Å². The molecule has 2 heterocycles. The van der Waals surface area contributed by atoms with Crippen LogP contribution in [0.2, 0.25) is 5.02 Å². The molecule has 1 saturated heterocycles. The van der Waals surface area contributed by atoms with E-state index in [4.69, 9.17) is 16.3 Å². The molecule has 1 aliphatic heterocycles. The molecule has 1 atom stereocenters. The van der Waals surface area contributed by atoms with Crippen molar-refractivity contribution in [3.8, 4) is 5.75 Å². The minimum absolute atomic E-state index is 0.226. The number of carbonyl (C=O) groups is 1. The Morgan fingerprint density at radius 2 is 2.19 bits per heavy atom. The van der Waals surface area contributed by atoms with Gasteiger partial charge in [0.2, 0.25) is 0 Å². The maximum Gasteiger partial charge on any atom is 0.257 e. The highest BCUT2D eigenvalue weighted by Gasteiger charge is 2.18. The van der Waals surface area contributed by atoms with E-state index in [1.54, 1.807) is 25.4 Å². The molecule has 1 unspecified atom stereocenters. The number of rotatable bonds is 4. The zero-order valence-electron chi connectivity index (χ0n) is 15.4. The van der Waals surface area contributed by atoms with Gasteiger partial charge in [-0.15, -0.1) is 0 Å². The van der Waals surface area contributed by atoms with Crippen LogP contribution in [0.1, 0.15) is 35.7 Å². The van der Waals surface area contributed by atoms with Gasteiger partial charge >= 0.3 is 0 Å². The molecular formula is C20H24ClN3O2. The predicted octanol–water partition coefficient (Wildman–Crippen LogP) is 4.54. The van der Waals surface area contributed by atoms with Crippen LogP contribution in [0.25, 0.3) is 0 Å². The molecule has 1 N–H and O–H groups in total. The number of amides is 1. The standard InChI is InChI=1S/C20H24ClN3O2/c1-13-5-4-8-24(12-13)19-7-6-15(11-22-19)20(25)23-17-9-14(2)16(21)10-18(17)26-3/h6-7,9-11,13H,4-5,8,12H2,1-3H3,(H,23,25). The Kier molecular flexibility index (Phi) is 5.67. The van der Waals surface area contributed by atoms with Crippen LogP contribution >= 0.6 is 11.6 Å². The number of hydrogen-bond acceptors (Lipinski definition) is 4. The third kappa shape index (κ3) is 4.10. The van der Waals surface area contributed by atoms with Crippen LogP contribution in [0.3, 0.4) is 0 Å². The second-order valence-corrected chi connectivity index (χ2v) is 7.26. The predicted molar refractivity (Wildman–Crippen MR) is 106 cm³/mol. The number of methoxy groups -OCH3 is 1. The fraction of sp³-hybridized carbons (Fsp3) is 0.400. The minimum atomic E-state index is -0.226. The molecule has 1 fully saturated rings. The van der Waals surface area contributed by atoms with Crippen molar-refractivity contribution < 1.29 is 9.53 Å². The van der Waals surface area contributed by atoms with Gasteiger partial charge in [0.1, 0.15) is 11.6 Å². The van der Waals surface area contributed by atoms with E-state index in [9.17, 15) is 4.79 Å². The van der Waals surface area contributed by atoms with Gasteiger partial charge in [-0.3, -0.25) is 4.79 Å². The van der Waals surface area contributed by atoms with Crippen molar-refractivity contribution in [3.63, 3.8) is 0 Å². The van der Waals surface area contributed by atoms with Gasteiger partial charge in [0, 0.05) is 30.4 Å². The van der Waals surface area contributed by atoms with E-state index >= 15 is 0 Å². The molecule has 138 valence electrons. The van der Waals surface area contributed by atoms with Crippen molar-refractivity contribution in [1.29, 1.82) is 0 Å². The molecule has 0 aliphatic carbocycles. The van der Waals surface area contributed by atoms with E-state index in [1.165, 1.54) is 12.8 Å². The fourth-order valence-corrected chi connectivity index (χ4v) is 3.38. The minimum Gasteiger partial charge on any atom is -0.495 e. The highest BCUT2D eigenvalue weighted by molar-refractivity contribution is 6.31. The molecule has 1 aromatic heterocycles. The number of aryl methyl sites for hydroxylation is 1. The SMILES string of the molecule is COc1cc(Cl)c(C)cc1NC(=O)c1ccc(N2CCCC(C)C2)nc1. The van der Waals surface area contributed by atoms with Crippen LogP contribution in [0, 0.1) is 12.8 Å². The van der Waals surface area contributed by atoms with E-state index in [1.807, 2.05) is 19.1 Å². The summed E-state index contributed by atoms with van der Waals surface area (Å²) in [5.41, 5.74) is 1.97. The van der Waals surface area contributed by atoms with Crippen molar-refractivity contribution >= 4 is 29.0 Å². The highest BCUT2D eigenvalue weighted by Crippen LogP contribution is 2.31. The van der Waals surface area contributed by atoms with Crippen LogP contribution in [-0.2, 0) is 0 Å². The number of carbonyl (C=O) groups excluding carboxylic acids is 1. The maximum atomic E-state index is 12.6. The molecule has 1 aliphatic rings. The summed E-state index contributed by atoms with van der Waals surface area (Å²) in [6.07, 6.45) is 4.07. The van der Waals surface area contributed by atoms with Gasteiger partial charge in [-0.1, -0.05) is 18.5 Å². The second kappa shape index (κ2) is 7.96. The number of nitrogens with one attached hydrogen (secondary N) is 1. The summed E-state index contributed by atoms with van der Waals surface area (Å²) in [4.78, 5) is 19.3. The average Bonchev–Trinajstić information content (AvgIpc) is 2.64. The van der Waals surface area contributed by atoms with Gasteiger partial charge in [0.15, 0.2) is 0 Å². The van der Waals surface area contributed by atoms with E-state index < -0.39 is 0 Å². The topological polar surface area (TPSA) is 54.5 Å². The number of halogens is 1. The van der Waals surface area contributed by atoms with Crippen molar-refractivity contribution in [1.82, 2.24) is 4.98 Å². The normalized spacial score (nSPS) is 17.1. The zero-order valence-corrected chi connectivity index (χ0v) is 16.1. The number of benzene rings is 1. The third-order valence-corrected chi connectivity index (χ3v) is 5.13. The number of nitrogens with zero attached hydrogens (tertiary/aromatic N) is 2. The summed E-state index contributed by atoms with van der Waals surface area (Å²) in [6.45, 7) is 6.17. The monoisotopic (exact) mass is 373 g/mol. The first-order valence-electron chi connectivity index (χ1n) is 8.84. The van der Waals surface area contributed by atoms with Gasteiger partial charge in [-0.2, -0.15) is 0 Å².